The molecule has 0 aromatic heterocycles. The number of aliphatic hydroxyl groups excluding tert-OH is 6. The van der Waals surface area contributed by atoms with E-state index < -0.39 is 55.3 Å². The summed E-state index contributed by atoms with van der Waals surface area (Å²) in [5.41, 5.74) is 0. The van der Waals surface area contributed by atoms with Crippen molar-refractivity contribution in [2.75, 3.05) is 13.2 Å². The Bertz CT molecular complexity index is 452. The van der Waals surface area contributed by atoms with E-state index in [9.17, 15) is 30.6 Å². The summed E-state index contributed by atoms with van der Waals surface area (Å²) in [5.74, 6) is 0. The molecule has 2 fully saturated rings. The van der Waals surface area contributed by atoms with Gasteiger partial charge in [0.25, 0.3) is 0 Å². The lowest BCUT2D eigenvalue weighted by Crippen LogP contribution is -2.60. The Balaban J connectivity index is 1.88. The van der Waals surface area contributed by atoms with E-state index in [1.807, 2.05) is 6.92 Å². The topological polar surface area (TPSA) is 158 Å². The number of hydrogen-bond donors (Lipinski definition) is 6. The molecule has 0 aromatic rings. The fourth-order valence-electron chi connectivity index (χ4n) is 3.26. The van der Waals surface area contributed by atoms with E-state index in [0.717, 1.165) is 25.7 Å². The van der Waals surface area contributed by atoms with Gasteiger partial charge in [-0.3, -0.25) is 0 Å². The molecule has 6 N–H and O–H groups in total. The monoisotopic (exact) mass is 410 g/mol. The molecule has 2 aliphatic heterocycles. The molecule has 10 atom stereocenters. The van der Waals surface area contributed by atoms with Crippen LogP contribution in [0.4, 0.5) is 0 Å². The second kappa shape index (κ2) is 11.1. The van der Waals surface area contributed by atoms with Crippen molar-refractivity contribution in [1.29, 1.82) is 0 Å². The summed E-state index contributed by atoms with van der Waals surface area (Å²) >= 11 is 0. The molecule has 2 saturated heterocycles. The minimum absolute atomic E-state index is 0.213. The molecular formula is C18H34O10. The first-order valence-electron chi connectivity index (χ1n) is 9.88. The molecule has 0 radical (unpaired) electrons. The van der Waals surface area contributed by atoms with E-state index in [4.69, 9.17) is 18.9 Å². The van der Waals surface area contributed by atoms with Gasteiger partial charge in [0.2, 0.25) is 0 Å². The van der Waals surface area contributed by atoms with Crippen LogP contribution in [0.25, 0.3) is 0 Å². The van der Waals surface area contributed by atoms with Gasteiger partial charge in [0.1, 0.15) is 42.7 Å². The third-order valence-electron chi connectivity index (χ3n) is 5.13. The fourth-order valence-corrected chi connectivity index (χ4v) is 3.26. The first kappa shape index (κ1) is 23.9. The highest BCUT2D eigenvalue weighted by Gasteiger charge is 2.46. The van der Waals surface area contributed by atoms with Crippen LogP contribution in [0, 0.1) is 0 Å². The first-order chi connectivity index (χ1) is 13.3. The molecular weight excluding hydrogens is 376 g/mol. The molecule has 166 valence electrons. The molecule has 0 saturated carbocycles. The van der Waals surface area contributed by atoms with Crippen molar-refractivity contribution >= 4 is 0 Å². The van der Waals surface area contributed by atoms with E-state index in [1.165, 1.54) is 0 Å². The molecule has 0 unspecified atom stereocenters. The predicted molar refractivity (Wildman–Crippen MR) is 95.1 cm³/mol. The van der Waals surface area contributed by atoms with Gasteiger partial charge in [0.15, 0.2) is 12.6 Å². The van der Waals surface area contributed by atoms with Crippen LogP contribution < -0.4 is 0 Å². The lowest BCUT2D eigenvalue weighted by Gasteiger charge is -2.42. The first-order valence-corrected chi connectivity index (χ1v) is 9.88. The maximum absolute atomic E-state index is 10.2. The van der Waals surface area contributed by atoms with E-state index in [1.54, 1.807) is 0 Å². The number of rotatable bonds is 9. The number of aliphatic hydroxyl groups is 6. The van der Waals surface area contributed by atoms with Gasteiger partial charge in [-0.05, 0) is 13.3 Å². The van der Waals surface area contributed by atoms with Gasteiger partial charge in [0.05, 0.1) is 19.3 Å². The number of unbranched alkanes of at least 4 members (excludes halogenated alkanes) is 2. The Kier molecular flexibility index (Phi) is 9.48. The smallest absolute Gasteiger partial charge is 0.186 e. The van der Waals surface area contributed by atoms with Crippen LogP contribution in [0.3, 0.4) is 0 Å². The molecule has 0 aliphatic carbocycles. The molecule has 28 heavy (non-hydrogen) atoms. The highest BCUT2D eigenvalue weighted by Crippen LogP contribution is 2.25. The highest BCUT2D eigenvalue weighted by molar-refractivity contribution is 4.90. The summed E-state index contributed by atoms with van der Waals surface area (Å²) < 4.78 is 21.8. The van der Waals surface area contributed by atoms with Crippen molar-refractivity contribution in [3.05, 3.63) is 0 Å². The van der Waals surface area contributed by atoms with Crippen LogP contribution in [0.2, 0.25) is 0 Å². The molecule has 2 aliphatic rings. The number of ether oxygens (including phenoxy) is 4. The summed E-state index contributed by atoms with van der Waals surface area (Å²) in [7, 11) is 0. The second-order valence-electron chi connectivity index (χ2n) is 7.54. The summed E-state index contributed by atoms with van der Waals surface area (Å²) in [4.78, 5) is 0. The lowest BCUT2D eigenvalue weighted by molar-refractivity contribution is -0.326. The van der Waals surface area contributed by atoms with Crippen LogP contribution >= 0.6 is 0 Å². The predicted octanol–water partition coefficient (Wildman–Crippen LogP) is -1.76. The molecule has 10 heteroatoms. The van der Waals surface area contributed by atoms with Gasteiger partial charge < -0.3 is 49.6 Å². The van der Waals surface area contributed by atoms with Crippen LogP contribution in [0.1, 0.15) is 39.5 Å². The molecule has 10 nitrogen and oxygen atoms in total. The van der Waals surface area contributed by atoms with Crippen LogP contribution in [-0.2, 0) is 18.9 Å². The third-order valence-corrected chi connectivity index (χ3v) is 5.13. The average molecular weight is 410 g/mol. The molecule has 0 bridgehead atoms. The summed E-state index contributed by atoms with van der Waals surface area (Å²) in [6, 6.07) is 0. The molecule has 2 heterocycles. The molecule has 0 amide bonds. The Labute approximate surface area is 164 Å². The zero-order chi connectivity index (χ0) is 20.8. The van der Waals surface area contributed by atoms with E-state index in [2.05, 4.69) is 6.92 Å². The quantitative estimate of drug-likeness (QED) is 0.240. The summed E-state index contributed by atoms with van der Waals surface area (Å²) in [6.07, 6.45) is -8.28. The standard InChI is InChI=1S/C18H34O10/c1-3-4-5-6-9(2)27-18-16(24)14(22)13(21)11(28-18)8-26-17-15(23)12(20)10(19)7-25-17/h9-24H,3-8H2,1-2H3/t9-,10+,11+,12-,13+,14-,15+,16+,17-,18+/m0/s1. The maximum Gasteiger partial charge on any atom is 0.186 e. The summed E-state index contributed by atoms with van der Waals surface area (Å²) in [6.45, 7) is 3.42. The van der Waals surface area contributed by atoms with Gasteiger partial charge in [-0.1, -0.05) is 26.2 Å². The van der Waals surface area contributed by atoms with Gasteiger partial charge in [-0.15, -0.1) is 0 Å². The van der Waals surface area contributed by atoms with Crippen LogP contribution in [0.15, 0.2) is 0 Å². The highest BCUT2D eigenvalue weighted by atomic mass is 16.7. The third kappa shape index (κ3) is 6.05. The van der Waals surface area contributed by atoms with Crippen LogP contribution in [-0.4, -0.2) is 105 Å². The largest absolute Gasteiger partial charge is 0.388 e. The van der Waals surface area contributed by atoms with Crippen molar-refractivity contribution in [3.8, 4) is 0 Å². The normalized spacial score (nSPS) is 43.1. The van der Waals surface area contributed by atoms with Crippen molar-refractivity contribution < 1.29 is 49.6 Å². The van der Waals surface area contributed by atoms with E-state index in [-0.39, 0.29) is 19.3 Å². The molecule has 2 rings (SSSR count). The Morgan fingerprint density at radius 1 is 0.893 bits per heavy atom. The van der Waals surface area contributed by atoms with Gasteiger partial charge >= 0.3 is 0 Å². The number of hydrogen-bond acceptors (Lipinski definition) is 10. The van der Waals surface area contributed by atoms with E-state index in [0.29, 0.717) is 0 Å². The Morgan fingerprint density at radius 2 is 1.57 bits per heavy atom. The minimum Gasteiger partial charge on any atom is -0.388 e. The lowest BCUT2D eigenvalue weighted by atomic mass is 9.99. The average Bonchev–Trinajstić information content (AvgIpc) is 2.67. The SMILES string of the molecule is CCCCC[C@H](C)O[C@@H]1O[C@H](CO[C@@H]2OC[C@@H](O)[C@H](O)[C@H]2O)[C@@H](O)[C@H](O)[C@H]1O. The second-order valence-corrected chi connectivity index (χ2v) is 7.54. The van der Waals surface area contributed by atoms with Gasteiger partial charge in [0, 0.05) is 0 Å². The summed E-state index contributed by atoms with van der Waals surface area (Å²) in [5, 5.41) is 59.4. The zero-order valence-electron chi connectivity index (χ0n) is 16.3. The Hall–Kier alpha value is -0.400. The van der Waals surface area contributed by atoms with Crippen LogP contribution in [0.5, 0.6) is 0 Å². The maximum atomic E-state index is 10.2. The molecule has 0 aromatic carbocycles. The van der Waals surface area contributed by atoms with Crippen molar-refractivity contribution in [3.63, 3.8) is 0 Å². The zero-order valence-corrected chi connectivity index (χ0v) is 16.3. The van der Waals surface area contributed by atoms with E-state index >= 15 is 0 Å². The van der Waals surface area contributed by atoms with Crippen molar-refractivity contribution in [1.82, 2.24) is 0 Å². The van der Waals surface area contributed by atoms with Gasteiger partial charge in [-0.25, -0.2) is 0 Å². The van der Waals surface area contributed by atoms with Gasteiger partial charge in [-0.2, -0.15) is 0 Å². The minimum atomic E-state index is -1.50. The van der Waals surface area contributed by atoms with Crippen molar-refractivity contribution in [2.24, 2.45) is 0 Å². The molecule has 0 spiro atoms. The fraction of sp³-hybridized carbons (Fsp3) is 1.00. The van der Waals surface area contributed by atoms with Crippen molar-refractivity contribution in [2.45, 2.75) is 101 Å². The Morgan fingerprint density at radius 3 is 2.25 bits per heavy atom.